The maximum atomic E-state index is 12.7. The summed E-state index contributed by atoms with van der Waals surface area (Å²) in [5, 5.41) is 0. The van der Waals surface area contributed by atoms with Crippen molar-refractivity contribution in [3.63, 3.8) is 0 Å². The van der Waals surface area contributed by atoms with Gasteiger partial charge in [0.1, 0.15) is 0 Å². The van der Waals surface area contributed by atoms with Crippen molar-refractivity contribution >= 4 is 28.0 Å². The summed E-state index contributed by atoms with van der Waals surface area (Å²) in [6.07, 6.45) is -2.40. The van der Waals surface area contributed by atoms with Crippen LogP contribution in [0.3, 0.4) is 0 Å². The summed E-state index contributed by atoms with van der Waals surface area (Å²) in [7, 11) is -3.65. The number of esters is 1. The molecule has 2 aromatic carbocycles. The van der Waals surface area contributed by atoms with Crippen molar-refractivity contribution in [3.05, 3.63) is 71.8 Å². The Bertz CT molecular complexity index is 1130. The van der Waals surface area contributed by atoms with Crippen LogP contribution in [-0.4, -0.2) is 62.3 Å². The number of hydrogen-bond donors (Lipinski definition) is 0. The lowest BCUT2D eigenvalue weighted by molar-refractivity contribution is -0.148. The molecular formula is C22H21F3N2O5S. The molecule has 0 N–H and O–H groups in total. The molecule has 33 heavy (non-hydrogen) atoms. The summed E-state index contributed by atoms with van der Waals surface area (Å²) in [6, 6.07) is 12.4. The molecule has 7 nitrogen and oxygen atoms in total. The largest absolute Gasteiger partial charge is 0.452 e. The zero-order chi connectivity index (χ0) is 24.1. The van der Waals surface area contributed by atoms with Gasteiger partial charge in [-0.15, -0.1) is 0 Å². The lowest BCUT2D eigenvalue weighted by Gasteiger charge is -2.33. The summed E-state index contributed by atoms with van der Waals surface area (Å²) in [4.78, 5) is 25.7. The molecule has 1 saturated heterocycles. The molecule has 0 radical (unpaired) electrons. The van der Waals surface area contributed by atoms with Gasteiger partial charge >= 0.3 is 12.1 Å². The second-order valence-corrected chi connectivity index (χ2v) is 9.10. The predicted octanol–water partition coefficient (Wildman–Crippen LogP) is 2.79. The van der Waals surface area contributed by atoms with Gasteiger partial charge in [-0.1, -0.05) is 30.3 Å². The van der Waals surface area contributed by atoms with Gasteiger partial charge in [0.2, 0.25) is 10.0 Å². The van der Waals surface area contributed by atoms with Gasteiger partial charge in [-0.25, -0.2) is 13.2 Å². The fraction of sp³-hybridized carbons (Fsp3) is 0.273. The van der Waals surface area contributed by atoms with E-state index < -0.39 is 40.2 Å². The highest BCUT2D eigenvalue weighted by atomic mass is 32.2. The van der Waals surface area contributed by atoms with Crippen LogP contribution in [0.4, 0.5) is 13.2 Å². The molecule has 1 aliphatic rings. The van der Waals surface area contributed by atoms with Crippen LogP contribution in [-0.2, 0) is 30.5 Å². The third kappa shape index (κ3) is 6.42. The normalized spacial score (nSPS) is 15.5. The van der Waals surface area contributed by atoms with Crippen molar-refractivity contribution in [2.75, 3.05) is 32.8 Å². The van der Waals surface area contributed by atoms with E-state index in [0.29, 0.717) is 0 Å². The van der Waals surface area contributed by atoms with Crippen LogP contribution >= 0.6 is 0 Å². The van der Waals surface area contributed by atoms with Crippen molar-refractivity contribution < 1.29 is 35.9 Å². The Balaban J connectivity index is 1.48. The zero-order valence-electron chi connectivity index (χ0n) is 17.4. The Morgan fingerprint density at radius 2 is 1.64 bits per heavy atom. The summed E-state index contributed by atoms with van der Waals surface area (Å²) in [5.74, 6) is -1.38. The minimum absolute atomic E-state index is 0.104. The number of ether oxygens (including phenoxy) is 1. The molecule has 1 fully saturated rings. The third-order valence-electron chi connectivity index (χ3n) is 4.94. The van der Waals surface area contributed by atoms with Crippen LogP contribution < -0.4 is 0 Å². The average Bonchev–Trinajstić information content (AvgIpc) is 2.81. The van der Waals surface area contributed by atoms with E-state index in [0.717, 1.165) is 24.3 Å². The molecule has 0 saturated carbocycles. The molecule has 0 atom stereocenters. The minimum Gasteiger partial charge on any atom is -0.452 e. The van der Waals surface area contributed by atoms with E-state index >= 15 is 0 Å². The summed E-state index contributed by atoms with van der Waals surface area (Å²) < 4.78 is 69.6. The molecule has 1 heterocycles. The number of amides is 1. The van der Waals surface area contributed by atoms with Crippen molar-refractivity contribution in [2.45, 2.75) is 11.1 Å². The van der Waals surface area contributed by atoms with Crippen molar-refractivity contribution in [1.82, 2.24) is 9.21 Å². The Morgan fingerprint density at radius 3 is 2.27 bits per heavy atom. The number of piperazine rings is 1. The second-order valence-electron chi connectivity index (χ2n) is 7.16. The number of nitrogens with zero attached hydrogens (tertiary/aromatic N) is 2. The fourth-order valence-electron chi connectivity index (χ4n) is 3.17. The Kier molecular flexibility index (Phi) is 7.54. The Hall–Kier alpha value is -3.18. The van der Waals surface area contributed by atoms with Crippen LogP contribution in [0.5, 0.6) is 0 Å². The molecule has 0 spiro atoms. The first-order valence-electron chi connectivity index (χ1n) is 9.92. The summed E-state index contributed by atoms with van der Waals surface area (Å²) >= 11 is 0. The third-order valence-corrected chi connectivity index (χ3v) is 6.85. The zero-order valence-corrected chi connectivity index (χ0v) is 18.2. The number of halogens is 3. The molecule has 1 amide bonds. The minimum atomic E-state index is -4.50. The van der Waals surface area contributed by atoms with E-state index in [1.165, 1.54) is 33.5 Å². The number of alkyl halides is 3. The van der Waals surface area contributed by atoms with Gasteiger partial charge in [0, 0.05) is 32.3 Å². The topological polar surface area (TPSA) is 84.0 Å². The van der Waals surface area contributed by atoms with E-state index in [1.54, 1.807) is 18.2 Å². The number of sulfonamides is 1. The van der Waals surface area contributed by atoms with Crippen molar-refractivity contribution in [2.24, 2.45) is 0 Å². The van der Waals surface area contributed by atoms with E-state index in [2.05, 4.69) is 0 Å². The predicted molar refractivity (Wildman–Crippen MR) is 113 cm³/mol. The highest BCUT2D eigenvalue weighted by Crippen LogP contribution is 2.29. The first kappa shape index (κ1) is 24.5. The first-order chi connectivity index (χ1) is 15.6. The highest BCUT2D eigenvalue weighted by Gasteiger charge is 2.31. The van der Waals surface area contributed by atoms with Crippen LogP contribution in [0.25, 0.3) is 6.08 Å². The number of hydrogen-bond acceptors (Lipinski definition) is 5. The standard InChI is InChI=1S/C22H21F3N2O5S/c23-22(24,25)18-6-4-5-17(15-18)9-10-21(29)32-16-20(28)26-11-13-27(14-12-26)33(30,31)19-7-2-1-3-8-19/h1-10,15H,11-14,16H2/b10-9+. The monoisotopic (exact) mass is 482 g/mol. The molecule has 0 unspecified atom stereocenters. The average molecular weight is 482 g/mol. The van der Waals surface area contributed by atoms with Gasteiger partial charge in [0.05, 0.1) is 10.5 Å². The van der Waals surface area contributed by atoms with Crippen molar-refractivity contribution in [3.8, 4) is 0 Å². The van der Waals surface area contributed by atoms with Crippen LogP contribution in [0.1, 0.15) is 11.1 Å². The highest BCUT2D eigenvalue weighted by molar-refractivity contribution is 7.89. The molecule has 176 valence electrons. The summed E-state index contributed by atoms with van der Waals surface area (Å²) in [5.41, 5.74) is -0.689. The quantitative estimate of drug-likeness (QED) is 0.467. The fourth-order valence-corrected chi connectivity index (χ4v) is 4.62. The number of carbonyl (C=O) groups excluding carboxylic acids is 2. The van der Waals surface area contributed by atoms with Gasteiger partial charge in [0.15, 0.2) is 6.61 Å². The SMILES string of the molecule is O=C(/C=C/c1cccc(C(F)(F)F)c1)OCC(=O)N1CCN(S(=O)(=O)c2ccccc2)CC1. The smallest absolute Gasteiger partial charge is 0.416 e. The van der Waals surface area contributed by atoms with E-state index in [1.807, 2.05) is 0 Å². The second kappa shape index (κ2) is 10.2. The lowest BCUT2D eigenvalue weighted by Crippen LogP contribution is -2.51. The van der Waals surface area contributed by atoms with Crippen LogP contribution in [0, 0.1) is 0 Å². The maximum Gasteiger partial charge on any atom is 0.416 e. The number of rotatable bonds is 6. The molecule has 1 aliphatic heterocycles. The first-order valence-corrected chi connectivity index (χ1v) is 11.4. The molecular weight excluding hydrogens is 461 g/mol. The Morgan fingerprint density at radius 1 is 0.970 bits per heavy atom. The number of carbonyl (C=O) groups is 2. The van der Waals surface area contributed by atoms with Crippen LogP contribution in [0.15, 0.2) is 65.6 Å². The van der Waals surface area contributed by atoms with Crippen molar-refractivity contribution in [1.29, 1.82) is 0 Å². The van der Waals surface area contributed by atoms with Gasteiger partial charge in [-0.3, -0.25) is 4.79 Å². The molecule has 0 aliphatic carbocycles. The molecule has 0 bridgehead atoms. The Labute approximate surface area is 189 Å². The molecule has 0 aromatic heterocycles. The van der Waals surface area contributed by atoms with Gasteiger partial charge < -0.3 is 9.64 Å². The maximum absolute atomic E-state index is 12.7. The molecule has 2 aromatic rings. The molecule has 3 rings (SSSR count). The van der Waals surface area contributed by atoms with E-state index in [-0.39, 0.29) is 36.6 Å². The van der Waals surface area contributed by atoms with E-state index in [9.17, 15) is 31.2 Å². The van der Waals surface area contributed by atoms with Gasteiger partial charge in [-0.2, -0.15) is 17.5 Å². The van der Waals surface area contributed by atoms with Crippen LogP contribution in [0.2, 0.25) is 0 Å². The molecule has 11 heteroatoms. The lowest BCUT2D eigenvalue weighted by atomic mass is 10.1. The van der Waals surface area contributed by atoms with Gasteiger partial charge in [0.25, 0.3) is 5.91 Å². The van der Waals surface area contributed by atoms with E-state index in [4.69, 9.17) is 4.74 Å². The summed E-state index contributed by atoms with van der Waals surface area (Å²) in [6.45, 7) is -0.0685. The van der Waals surface area contributed by atoms with Gasteiger partial charge in [-0.05, 0) is 35.9 Å². The number of benzene rings is 2.